The predicted octanol–water partition coefficient (Wildman–Crippen LogP) is 3.47. The van der Waals surface area contributed by atoms with Crippen LogP contribution in [0.2, 0.25) is 10.0 Å². The van der Waals surface area contributed by atoms with Gasteiger partial charge >= 0.3 is 0 Å². The van der Waals surface area contributed by atoms with Gasteiger partial charge in [-0.25, -0.2) is 0 Å². The van der Waals surface area contributed by atoms with E-state index in [1.807, 2.05) is 12.1 Å². The molecule has 0 spiro atoms. The normalized spacial score (nSPS) is 12.2. The summed E-state index contributed by atoms with van der Waals surface area (Å²) in [6.45, 7) is 0.340. The number of hydrogen-bond donors (Lipinski definition) is 1. The molecule has 1 unspecified atom stereocenters. The maximum absolute atomic E-state index is 6.05. The molecule has 18 heavy (non-hydrogen) atoms. The highest BCUT2D eigenvalue weighted by atomic mass is 35.5. The number of hydrogen-bond acceptors (Lipinski definition) is 3. The summed E-state index contributed by atoms with van der Waals surface area (Å²) in [5.74, 6) is 0.524. The molecule has 5 heteroatoms. The van der Waals surface area contributed by atoms with Gasteiger partial charge in [0.05, 0.1) is 5.02 Å². The first-order valence-corrected chi connectivity index (χ1v) is 6.18. The van der Waals surface area contributed by atoms with Crippen LogP contribution in [0.5, 0.6) is 5.75 Å². The molecule has 2 rings (SSSR count). The molecule has 1 atom stereocenters. The molecule has 0 bridgehead atoms. The molecule has 0 saturated heterocycles. The third-order valence-electron chi connectivity index (χ3n) is 2.45. The van der Waals surface area contributed by atoms with Gasteiger partial charge in [0.15, 0.2) is 0 Å². The highest BCUT2D eigenvalue weighted by Crippen LogP contribution is 2.31. The zero-order valence-corrected chi connectivity index (χ0v) is 11.0. The van der Waals surface area contributed by atoms with E-state index in [4.69, 9.17) is 33.7 Å². The van der Waals surface area contributed by atoms with Gasteiger partial charge in [0.1, 0.15) is 11.9 Å². The second kappa shape index (κ2) is 6.05. The Bertz CT molecular complexity index is 520. The van der Waals surface area contributed by atoms with Crippen LogP contribution in [0.15, 0.2) is 42.7 Å². The van der Waals surface area contributed by atoms with Gasteiger partial charge in [0.25, 0.3) is 0 Å². The van der Waals surface area contributed by atoms with Crippen LogP contribution in [0.1, 0.15) is 11.7 Å². The molecule has 1 aromatic carbocycles. The summed E-state index contributed by atoms with van der Waals surface area (Å²) in [7, 11) is 0. The molecule has 94 valence electrons. The summed E-state index contributed by atoms with van der Waals surface area (Å²) in [5, 5.41) is 1.08. The summed E-state index contributed by atoms with van der Waals surface area (Å²) >= 11 is 12.0. The lowest BCUT2D eigenvalue weighted by Gasteiger charge is -2.18. The number of rotatable bonds is 4. The first-order valence-electron chi connectivity index (χ1n) is 5.42. The molecule has 0 aliphatic rings. The molecule has 0 aliphatic heterocycles. The van der Waals surface area contributed by atoms with Gasteiger partial charge in [-0.3, -0.25) is 4.98 Å². The van der Waals surface area contributed by atoms with Crippen molar-refractivity contribution in [3.8, 4) is 5.75 Å². The van der Waals surface area contributed by atoms with Gasteiger partial charge in [0, 0.05) is 30.0 Å². The van der Waals surface area contributed by atoms with Gasteiger partial charge in [-0.1, -0.05) is 23.2 Å². The van der Waals surface area contributed by atoms with Gasteiger partial charge in [0.2, 0.25) is 0 Å². The van der Waals surface area contributed by atoms with Crippen LogP contribution < -0.4 is 10.5 Å². The smallest absolute Gasteiger partial charge is 0.140 e. The van der Waals surface area contributed by atoms with Crippen molar-refractivity contribution in [2.45, 2.75) is 6.10 Å². The van der Waals surface area contributed by atoms with Crippen molar-refractivity contribution in [3.63, 3.8) is 0 Å². The first kappa shape index (κ1) is 13.1. The summed E-state index contributed by atoms with van der Waals surface area (Å²) in [6.07, 6.45) is 3.12. The lowest BCUT2D eigenvalue weighted by atomic mass is 10.1. The van der Waals surface area contributed by atoms with Crippen molar-refractivity contribution >= 4 is 23.2 Å². The van der Waals surface area contributed by atoms with E-state index >= 15 is 0 Å². The Morgan fingerprint density at radius 2 is 1.89 bits per heavy atom. The molecule has 0 radical (unpaired) electrons. The molecule has 1 aromatic heterocycles. The summed E-state index contributed by atoms with van der Waals surface area (Å²) in [5.41, 5.74) is 6.67. The van der Waals surface area contributed by atoms with Crippen LogP contribution in [0, 0.1) is 0 Å². The summed E-state index contributed by atoms with van der Waals surface area (Å²) in [6, 6.07) is 8.79. The minimum Gasteiger partial charge on any atom is -0.483 e. The second-order valence-electron chi connectivity index (χ2n) is 3.70. The summed E-state index contributed by atoms with van der Waals surface area (Å²) in [4.78, 5) is 3.96. The Morgan fingerprint density at radius 3 is 2.56 bits per heavy atom. The van der Waals surface area contributed by atoms with E-state index in [0.29, 0.717) is 22.3 Å². The minimum atomic E-state index is -0.274. The average Bonchev–Trinajstić information content (AvgIpc) is 2.41. The molecule has 0 saturated carbocycles. The van der Waals surface area contributed by atoms with E-state index < -0.39 is 0 Å². The Labute approximate surface area is 115 Å². The monoisotopic (exact) mass is 282 g/mol. The van der Waals surface area contributed by atoms with Crippen LogP contribution in [0.3, 0.4) is 0 Å². The molecule has 3 nitrogen and oxygen atoms in total. The minimum absolute atomic E-state index is 0.274. The van der Waals surface area contributed by atoms with Crippen molar-refractivity contribution in [1.82, 2.24) is 4.98 Å². The van der Waals surface area contributed by atoms with Crippen molar-refractivity contribution in [1.29, 1.82) is 0 Å². The van der Waals surface area contributed by atoms with Crippen LogP contribution in [-0.2, 0) is 0 Å². The van der Waals surface area contributed by atoms with Crippen LogP contribution in [-0.4, -0.2) is 11.5 Å². The number of benzene rings is 1. The maximum Gasteiger partial charge on any atom is 0.140 e. The average molecular weight is 283 g/mol. The van der Waals surface area contributed by atoms with E-state index in [0.717, 1.165) is 5.56 Å². The number of halogens is 2. The van der Waals surface area contributed by atoms with Gasteiger partial charge in [-0.2, -0.15) is 0 Å². The van der Waals surface area contributed by atoms with Crippen LogP contribution in [0.25, 0.3) is 0 Å². The molecule has 0 aliphatic carbocycles. The third kappa shape index (κ3) is 3.13. The van der Waals surface area contributed by atoms with E-state index in [2.05, 4.69) is 4.98 Å². The Hall–Kier alpha value is -1.29. The van der Waals surface area contributed by atoms with Crippen molar-refractivity contribution in [2.75, 3.05) is 6.54 Å². The van der Waals surface area contributed by atoms with E-state index in [1.54, 1.807) is 30.6 Å². The van der Waals surface area contributed by atoms with Gasteiger partial charge < -0.3 is 10.5 Å². The number of pyridine rings is 1. The SMILES string of the molecule is NCC(Oc1cc(Cl)ccc1Cl)c1ccncc1. The molecular formula is C13H12Cl2N2O. The van der Waals surface area contributed by atoms with E-state index in [1.165, 1.54) is 0 Å². The topological polar surface area (TPSA) is 48.1 Å². The quantitative estimate of drug-likeness (QED) is 0.934. The second-order valence-corrected chi connectivity index (χ2v) is 4.54. The van der Waals surface area contributed by atoms with Crippen molar-refractivity contribution in [2.24, 2.45) is 5.73 Å². The first-order chi connectivity index (χ1) is 8.70. The summed E-state index contributed by atoms with van der Waals surface area (Å²) < 4.78 is 5.79. The Kier molecular flexibility index (Phi) is 4.42. The molecular weight excluding hydrogens is 271 g/mol. The molecule has 0 amide bonds. The molecule has 0 fully saturated rings. The van der Waals surface area contributed by atoms with Crippen LogP contribution >= 0.6 is 23.2 Å². The van der Waals surface area contributed by atoms with E-state index in [9.17, 15) is 0 Å². The Morgan fingerprint density at radius 1 is 1.17 bits per heavy atom. The maximum atomic E-state index is 6.05. The lowest BCUT2D eigenvalue weighted by Crippen LogP contribution is -2.18. The lowest BCUT2D eigenvalue weighted by molar-refractivity contribution is 0.214. The molecule has 2 N–H and O–H groups in total. The number of ether oxygens (including phenoxy) is 1. The fourth-order valence-electron chi connectivity index (χ4n) is 1.55. The predicted molar refractivity (Wildman–Crippen MR) is 73.1 cm³/mol. The fraction of sp³-hybridized carbons (Fsp3) is 0.154. The standard InChI is InChI=1S/C13H12Cl2N2O/c14-10-1-2-11(15)12(7-10)18-13(8-16)9-3-5-17-6-4-9/h1-7,13H,8,16H2. The highest BCUT2D eigenvalue weighted by molar-refractivity contribution is 6.34. The highest BCUT2D eigenvalue weighted by Gasteiger charge is 2.13. The zero-order chi connectivity index (χ0) is 13.0. The number of nitrogens with two attached hydrogens (primary N) is 1. The van der Waals surface area contributed by atoms with Gasteiger partial charge in [-0.05, 0) is 29.8 Å². The molecule has 2 aromatic rings. The van der Waals surface area contributed by atoms with E-state index in [-0.39, 0.29) is 6.10 Å². The van der Waals surface area contributed by atoms with Gasteiger partial charge in [-0.15, -0.1) is 0 Å². The largest absolute Gasteiger partial charge is 0.483 e. The number of nitrogens with zero attached hydrogens (tertiary/aromatic N) is 1. The zero-order valence-electron chi connectivity index (χ0n) is 9.51. The van der Waals surface area contributed by atoms with Crippen LogP contribution in [0.4, 0.5) is 0 Å². The molecule has 1 heterocycles. The number of aromatic nitrogens is 1. The van der Waals surface area contributed by atoms with Crippen molar-refractivity contribution < 1.29 is 4.74 Å². The van der Waals surface area contributed by atoms with Crippen molar-refractivity contribution in [3.05, 3.63) is 58.3 Å². The Balaban J connectivity index is 2.23. The fourth-order valence-corrected chi connectivity index (χ4v) is 1.88. The third-order valence-corrected chi connectivity index (χ3v) is 3.00.